The summed E-state index contributed by atoms with van der Waals surface area (Å²) in [5, 5.41) is 1.28. The van der Waals surface area contributed by atoms with Gasteiger partial charge < -0.3 is 9.15 Å². The molecule has 0 fully saturated rings. The van der Waals surface area contributed by atoms with Crippen LogP contribution in [-0.2, 0) is 0 Å². The van der Waals surface area contributed by atoms with Crippen molar-refractivity contribution < 1.29 is 9.15 Å². The van der Waals surface area contributed by atoms with E-state index in [9.17, 15) is 4.79 Å². The summed E-state index contributed by atoms with van der Waals surface area (Å²) in [4.78, 5) is 16.2. The Hall–Kier alpha value is -2.04. The minimum atomic E-state index is -0.599. The van der Waals surface area contributed by atoms with Crippen molar-refractivity contribution in [1.82, 2.24) is 4.98 Å². The molecule has 0 aliphatic rings. The Morgan fingerprint density at radius 2 is 1.73 bits per heavy atom. The maximum atomic E-state index is 12.0. The summed E-state index contributed by atoms with van der Waals surface area (Å²) >= 11 is 12.4. The summed E-state index contributed by atoms with van der Waals surface area (Å²) in [6, 6.07) is 8.75. The average molecular weight is 336 g/mol. The van der Waals surface area contributed by atoms with Gasteiger partial charge in [0.25, 0.3) is 0 Å². The molecule has 0 saturated carbocycles. The van der Waals surface area contributed by atoms with Gasteiger partial charge >= 0.3 is 5.63 Å². The summed E-state index contributed by atoms with van der Waals surface area (Å²) < 4.78 is 10.9. The predicted molar refractivity (Wildman–Crippen MR) is 86.3 cm³/mol. The molecular formula is C16H11Cl2NO3. The minimum absolute atomic E-state index is 0.0208. The molecule has 2 heterocycles. The molecule has 0 bridgehead atoms. The highest BCUT2D eigenvalue weighted by molar-refractivity contribution is 6.37. The molecule has 112 valence electrons. The summed E-state index contributed by atoms with van der Waals surface area (Å²) in [6.07, 6.45) is 0. The van der Waals surface area contributed by atoms with Crippen LogP contribution in [0.2, 0.25) is 10.0 Å². The topological polar surface area (TPSA) is 52.3 Å². The third kappa shape index (κ3) is 2.56. The molecule has 0 aliphatic carbocycles. The van der Waals surface area contributed by atoms with E-state index in [0.29, 0.717) is 17.0 Å². The van der Waals surface area contributed by atoms with Crippen molar-refractivity contribution in [2.24, 2.45) is 0 Å². The average Bonchev–Trinajstić information content (AvgIpc) is 2.50. The van der Waals surface area contributed by atoms with Crippen LogP contribution in [0, 0.1) is 13.8 Å². The van der Waals surface area contributed by atoms with Gasteiger partial charge in [-0.25, -0.2) is 4.79 Å². The SMILES string of the molecule is Cc1nc(C)c(Cl)c(Oc2cc3ccccc3oc2=O)c1Cl. The van der Waals surface area contributed by atoms with Gasteiger partial charge in [-0.05, 0) is 26.0 Å². The fourth-order valence-electron chi connectivity index (χ4n) is 2.09. The fraction of sp³-hybridized carbons (Fsp3) is 0.125. The Bertz CT molecular complexity index is 908. The third-order valence-corrected chi connectivity index (χ3v) is 4.08. The molecule has 0 radical (unpaired) electrons. The van der Waals surface area contributed by atoms with Crippen LogP contribution >= 0.6 is 23.2 Å². The Balaban J connectivity index is 2.15. The van der Waals surface area contributed by atoms with Crippen LogP contribution in [-0.4, -0.2) is 4.98 Å². The molecule has 0 unspecified atom stereocenters. The lowest BCUT2D eigenvalue weighted by Crippen LogP contribution is -2.04. The van der Waals surface area contributed by atoms with E-state index >= 15 is 0 Å². The second kappa shape index (κ2) is 5.63. The number of benzene rings is 1. The van der Waals surface area contributed by atoms with E-state index in [2.05, 4.69) is 4.98 Å². The molecule has 4 nitrogen and oxygen atoms in total. The zero-order chi connectivity index (χ0) is 15.9. The Morgan fingerprint density at radius 1 is 1.09 bits per heavy atom. The molecule has 3 rings (SSSR count). The highest BCUT2D eigenvalue weighted by Crippen LogP contribution is 2.38. The van der Waals surface area contributed by atoms with Crippen LogP contribution in [0.3, 0.4) is 0 Å². The normalized spacial score (nSPS) is 10.9. The van der Waals surface area contributed by atoms with E-state index in [1.807, 2.05) is 12.1 Å². The highest BCUT2D eigenvalue weighted by atomic mass is 35.5. The zero-order valence-electron chi connectivity index (χ0n) is 11.8. The van der Waals surface area contributed by atoms with E-state index in [1.165, 1.54) is 0 Å². The van der Waals surface area contributed by atoms with Gasteiger partial charge in [0.15, 0.2) is 5.75 Å². The largest absolute Gasteiger partial charge is 0.446 e. The van der Waals surface area contributed by atoms with E-state index in [1.54, 1.807) is 32.0 Å². The van der Waals surface area contributed by atoms with Gasteiger partial charge in [-0.2, -0.15) is 0 Å². The van der Waals surface area contributed by atoms with Crippen LogP contribution in [0.4, 0.5) is 0 Å². The van der Waals surface area contributed by atoms with Crippen molar-refractivity contribution in [2.75, 3.05) is 0 Å². The quantitative estimate of drug-likeness (QED) is 0.624. The first-order chi connectivity index (χ1) is 10.5. The first kappa shape index (κ1) is 14.9. The summed E-state index contributed by atoms with van der Waals surface area (Å²) in [6.45, 7) is 3.47. The number of hydrogen-bond donors (Lipinski definition) is 0. The molecule has 0 atom stereocenters. The number of fused-ring (bicyclic) bond motifs is 1. The minimum Gasteiger partial charge on any atom is -0.446 e. The number of aryl methyl sites for hydroxylation is 2. The molecule has 0 aliphatic heterocycles. The van der Waals surface area contributed by atoms with Crippen molar-refractivity contribution in [1.29, 1.82) is 0 Å². The number of ether oxygens (including phenoxy) is 1. The number of halogens is 2. The summed E-state index contributed by atoms with van der Waals surface area (Å²) in [5.74, 6) is 0.225. The monoisotopic (exact) mass is 335 g/mol. The van der Waals surface area contributed by atoms with E-state index in [4.69, 9.17) is 32.4 Å². The second-order valence-electron chi connectivity index (χ2n) is 4.78. The Labute approximate surface area is 136 Å². The smallest absolute Gasteiger partial charge is 0.379 e. The molecule has 0 amide bonds. The molecule has 3 aromatic rings. The van der Waals surface area contributed by atoms with Crippen LogP contribution in [0.25, 0.3) is 11.0 Å². The molecule has 6 heteroatoms. The van der Waals surface area contributed by atoms with Gasteiger partial charge in [0.2, 0.25) is 5.75 Å². The summed E-state index contributed by atoms with van der Waals surface area (Å²) in [7, 11) is 0. The number of nitrogens with zero attached hydrogens (tertiary/aromatic N) is 1. The van der Waals surface area contributed by atoms with Gasteiger partial charge in [-0.1, -0.05) is 41.4 Å². The third-order valence-electron chi connectivity index (χ3n) is 3.19. The number of hydrogen-bond acceptors (Lipinski definition) is 4. The lowest BCUT2D eigenvalue weighted by atomic mass is 10.2. The molecule has 2 aromatic heterocycles. The Morgan fingerprint density at radius 3 is 2.41 bits per heavy atom. The second-order valence-corrected chi connectivity index (χ2v) is 5.53. The standard InChI is InChI=1S/C16H11Cl2NO3/c1-8-13(17)15(14(18)9(2)19-8)21-12-7-10-5-3-4-6-11(10)22-16(12)20/h3-7H,1-2H3. The van der Waals surface area contributed by atoms with Crippen molar-refractivity contribution in [3.05, 3.63) is 62.2 Å². The van der Waals surface area contributed by atoms with Gasteiger partial charge in [-0.15, -0.1) is 0 Å². The van der Waals surface area contributed by atoms with Gasteiger partial charge in [0.05, 0.1) is 11.4 Å². The van der Waals surface area contributed by atoms with Crippen molar-refractivity contribution >= 4 is 34.2 Å². The van der Waals surface area contributed by atoms with Crippen LogP contribution in [0.5, 0.6) is 11.5 Å². The maximum absolute atomic E-state index is 12.0. The van der Waals surface area contributed by atoms with Gasteiger partial charge in [-0.3, -0.25) is 4.98 Å². The first-order valence-corrected chi connectivity index (χ1v) is 7.26. The number of para-hydroxylation sites is 1. The number of rotatable bonds is 2. The van der Waals surface area contributed by atoms with Crippen LogP contribution in [0.15, 0.2) is 39.5 Å². The molecular weight excluding hydrogens is 325 g/mol. The van der Waals surface area contributed by atoms with E-state index in [0.717, 1.165) is 5.39 Å². The first-order valence-electron chi connectivity index (χ1n) is 6.50. The van der Waals surface area contributed by atoms with Crippen molar-refractivity contribution in [3.63, 3.8) is 0 Å². The lowest BCUT2D eigenvalue weighted by molar-refractivity contribution is 0.436. The fourth-order valence-corrected chi connectivity index (χ4v) is 2.49. The van der Waals surface area contributed by atoms with Crippen LogP contribution < -0.4 is 10.4 Å². The predicted octanol–water partition coefficient (Wildman–Crippen LogP) is 4.90. The molecule has 0 N–H and O–H groups in total. The summed E-state index contributed by atoms with van der Waals surface area (Å²) in [5.41, 5.74) is 1.03. The van der Waals surface area contributed by atoms with E-state index in [-0.39, 0.29) is 21.5 Å². The number of pyridine rings is 1. The number of aromatic nitrogens is 1. The maximum Gasteiger partial charge on any atom is 0.379 e. The van der Waals surface area contributed by atoms with E-state index < -0.39 is 5.63 Å². The molecule has 0 spiro atoms. The Kier molecular flexibility index (Phi) is 3.81. The van der Waals surface area contributed by atoms with Crippen molar-refractivity contribution in [3.8, 4) is 11.5 Å². The van der Waals surface area contributed by atoms with Gasteiger partial charge in [0, 0.05) is 5.39 Å². The zero-order valence-corrected chi connectivity index (χ0v) is 13.3. The molecule has 1 aromatic carbocycles. The molecule has 22 heavy (non-hydrogen) atoms. The highest BCUT2D eigenvalue weighted by Gasteiger charge is 2.17. The van der Waals surface area contributed by atoms with Crippen molar-refractivity contribution in [2.45, 2.75) is 13.8 Å². The lowest BCUT2D eigenvalue weighted by Gasteiger charge is -2.12. The molecule has 0 saturated heterocycles. The van der Waals surface area contributed by atoms with Crippen LogP contribution in [0.1, 0.15) is 11.4 Å². The van der Waals surface area contributed by atoms with Gasteiger partial charge in [0.1, 0.15) is 15.6 Å².